The monoisotopic (exact) mass is 892 g/mol. The molecule has 2 saturated heterocycles. The van der Waals surface area contributed by atoms with Crippen LogP contribution in [0, 0.1) is 11.3 Å². The molecule has 6 amide bonds. The Morgan fingerprint density at radius 3 is 2.50 bits per heavy atom. The zero-order valence-corrected chi connectivity index (χ0v) is 36.6. The molecule has 2 aromatic heterocycles. The lowest BCUT2D eigenvalue weighted by Gasteiger charge is -2.35. The van der Waals surface area contributed by atoms with Gasteiger partial charge in [-0.05, 0) is 94.8 Å². The van der Waals surface area contributed by atoms with Gasteiger partial charge in [-0.2, -0.15) is 10.4 Å². The van der Waals surface area contributed by atoms with E-state index in [2.05, 4.69) is 32.0 Å². The van der Waals surface area contributed by atoms with Crippen LogP contribution in [0.25, 0.3) is 22.3 Å². The van der Waals surface area contributed by atoms with Gasteiger partial charge in [-0.3, -0.25) is 43.9 Å². The van der Waals surface area contributed by atoms with Gasteiger partial charge in [-0.25, -0.2) is 14.6 Å². The topological polar surface area (TPSA) is 251 Å². The number of carbonyl (C=O) groups is 6. The summed E-state index contributed by atoms with van der Waals surface area (Å²) in [4.78, 5) is 91.0. The molecule has 0 spiro atoms. The predicted octanol–water partition coefficient (Wildman–Crippen LogP) is 3.82. The number of nitrogens with one attached hydrogen (secondary N) is 3. The molecule has 8 rings (SSSR count). The summed E-state index contributed by atoms with van der Waals surface area (Å²) >= 11 is 0. The number of nitriles is 1. The largest absolute Gasteiger partial charge is 0.457 e. The second-order valence-electron chi connectivity index (χ2n) is 16.9. The molecular weight excluding hydrogens is 845 g/mol. The van der Waals surface area contributed by atoms with E-state index < -0.39 is 47.0 Å². The highest BCUT2D eigenvalue weighted by molar-refractivity contribution is 6.25. The van der Waals surface area contributed by atoms with E-state index in [9.17, 15) is 34.0 Å². The van der Waals surface area contributed by atoms with Gasteiger partial charge in [0.15, 0.2) is 5.65 Å². The maximum atomic E-state index is 14.0. The number of ether oxygens (including phenoxy) is 1. The summed E-state index contributed by atoms with van der Waals surface area (Å²) in [6, 6.07) is 22.3. The van der Waals surface area contributed by atoms with Gasteiger partial charge in [0.25, 0.3) is 17.7 Å². The van der Waals surface area contributed by atoms with Gasteiger partial charge in [0.1, 0.15) is 47.0 Å². The van der Waals surface area contributed by atoms with Crippen molar-refractivity contribution in [3.8, 4) is 28.8 Å². The Morgan fingerprint density at radius 1 is 1.00 bits per heavy atom. The summed E-state index contributed by atoms with van der Waals surface area (Å²) in [7, 11) is 1.82. The SMILES string of the molecule is CN(CCNC(=O)CNc1cccc2c1C(=O)N(C1CCC(=O)NC1=O)C2=O)C(C)(C)C=C(C#N)C(=O)N1CCCC(n2nc(-c3ccc(Oc4ccccc4)cc3)c3c(N)ncnc32)C1. The van der Waals surface area contributed by atoms with Gasteiger partial charge in [0, 0.05) is 49.4 Å². The molecule has 338 valence electrons. The van der Waals surface area contributed by atoms with Gasteiger partial charge in [-0.1, -0.05) is 24.3 Å². The summed E-state index contributed by atoms with van der Waals surface area (Å²) in [6.45, 7) is 4.82. The van der Waals surface area contributed by atoms with E-state index in [1.807, 2.05) is 80.4 Å². The van der Waals surface area contributed by atoms with Crippen molar-refractivity contribution in [2.75, 3.05) is 50.8 Å². The maximum absolute atomic E-state index is 14.0. The Kier molecular flexibility index (Phi) is 12.6. The Morgan fingerprint density at radius 2 is 1.76 bits per heavy atom. The first-order chi connectivity index (χ1) is 31.7. The number of hydrogen-bond acceptors (Lipinski definition) is 14. The van der Waals surface area contributed by atoms with E-state index in [1.54, 1.807) is 27.8 Å². The van der Waals surface area contributed by atoms with E-state index >= 15 is 0 Å². The molecule has 2 unspecified atom stereocenters. The highest BCUT2D eigenvalue weighted by Crippen LogP contribution is 2.36. The van der Waals surface area contributed by atoms with Crippen LogP contribution in [0.15, 0.2) is 90.8 Å². The number of likely N-dealkylation sites (N-methyl/N-ethyl adjacent to an activating group) is 1. The molecule has 0 aliphatic carbocycles. The number of nitrogen functional groups attached to an aromatic ring is 1. The molecule has 3 aliphatic heterocycles. The molecule has 66 heavy (non-hydrogen) atoms. The van der Waals surface area contributed by atoms with Gasteiger partial charge in [0.05, 0.1) is 29.1 Å². The number of likely N-dealkylation sites (tertiary alicyclic amines) is 1. The normalized spacial score (nSPS) is 17.7. The number of para-hydroxylation sites is 1. The number of nitrogens with zero attached hydrogens (tertiary/aromatic N) is 8. The number of rotatable bonds is 14. The van der Waals surface area contributed by atoms with Crippen molar-refractivity contribution in [1.29, 1.82) is 5.26 Å². The molecule has 3 aliphatic rings. The Bertz CT molecular complexity index is 2820. The molecule has 19 nitrogen and oxygen atoms in total. The van der Waals surface area contributed by atoms with Crippen LogP contribution in [0.3, 0.4) is 0 Å². The lowest BCUT2D eigenvalue weighted by atomic mass is 9.98. The first-order valence-corrected chi connectivity index (χ1v) is 21.5. The summed E-state index contributed by atoms with van der Waals surface area (Å²) in [5.74, 6) is -1.66. The van der Waals surface area contributed by atoms with Crippen molar-refractivity contribution in [2.45, 2.75) is 57.2 Å². The first kappa shape index (κ1) is 44.6. The molecule has 5 heterocycles. The van der Waals surface area contributed by atoms with Gasteiger partial charge < -0.3 is 26.0 Å². The zero-order chi connectivity index (χ0) is 46.7. The van der Waals surface area contributed by atoms with Gasteiger partial charge >= 0.3 is 0 Å². The molecule has 0 radical (unpaired) electrons. The van der Waals surface area contributed by atoms with Crippen LogP contribution in [-0.4, -0.2) is 121 Å². The molecular formula is C47H48N12O7. The standard InChI is InChI=1S/C47H48N12O7/c1-47(2,56(3)22-20-50-37(61)25-51-34-13-7-12-33-38(34)46(65)58(45(33)64)35-18-19-36(60)54-43(35)62)23-29(24-48)44(63)57-21-8-9-30(26-57)59-42-39(41(49)52-27-53-42)40(55-59)28-14-16-32(17-15-28)66-31-10-5-4-6-11-31/h4-7,10-17,23,27,30,35,51H,8-9,18-22,25-26H2,1-3H3,(H,50,61)(H2,49,52,53)(H,54,60,62). The summed E-state index contributed by atoms with van der Waals surface area (Å²) in [5, 5.41) is 23.8. The maximum Gasteiger partial charge on any atom is 0.264 e. The van der Waals surface area contributed by atoms with E-state index in [0.29, 0.717) is 54.2 Å². The highest BCUT2D eigenvalue weighted by atomic mass is 16.5. The molecule has 19 heteroatoms. The third-order valence-corrected chi connectivity index (χ3v) is 12.2. The molecule has 3 aromatic carbocycles. The Labute approximate surface area is 379 Å². The minimum absolute atomic E-state index is 0.000554. The van der Waals surface area contributed by atoms with Crippen LogP contribution in [-0.2, 0) is 19.2 Å². The van der Waals surface area contributed by atoms with Crippen molar-refractivity contribution < 1.29 is 33.5 Å². The number of amides is 6. The van der Waals surface area contributed by atoms with Gasteiger partial charge in [0.2, 0.25) is 17.7 Å². The molecule has 0 saturated carbocycles. The number of nitrogens with two attached hydrogens (primary N) is 1. The molecule has 2 fully saturated rings. The minimum Gasteiger partial charge on any atom is -0.457 e. The Hall–Kier alpha value is -7.98. The molecule has 0 bridgehead atoms. The van der Waals surface area contributed by atoms with Crippen LogP contribution in [0.2, 0.25) is 0 Å². The van der Waals surface area contributed by atoms with E-state index in [4.69, 9.17) is 15.6 Å². The van der Waals surface area contributed by atoms with Crippen LogP contribution in [0.4, 0.5) is 11.5 Å². The van der Waals surface area contributed by atoms with E-state index in [0.717, 1.165) is 10.5 Å². The summed E-state index contributed by atoms with van der Waals surface area (Å²) in [5.41, 5.74) is 7.94. The fraction of sp³-hybridized carbons (Fsp3) is 0.319. The number of anilines is 2. The average molecular weight is 893 g/mol. The highest BCUT2D eigenvalue weighted by Gasteiger charge is 2.45. The van der Waals surface area contributed by atoms with Crippen molar-refractivity contribution in [3.05, 3.63) is 102 Å². The number of imide groups is 2. The molecule has 5 N–H and O–H groups in total. The van der Waals surface area contributed by atoms with E-state index in [1.165, 1.54) is 12.4 Å². The third kappa shape index (κ3) is 9.03. The van der Waals surface area contributed by atoms with Crippen molar-refractivity contribution in [3.63, 3.8) is 0 Å². The molecule has 2 atom stereocenters. The average Bonchev–Trinajstić information content (AvgIpc) is 3.83. The van der Waals surface area contributed by atoms with Crippen LogP contribution < -0.4 is 26.4 Å². The van der Waals surface area contributed by atoms with Crippen LogP contribution in [0.1, 0.15) is 66.3 Å². The van der Waals surface area contributed by atoms with Crippen molar-refractivity contribution >= 4 is 58.0 Å². The fourth-order valence-electron chi connectivity index (χ4n) is 8.42. The van der Waals surface area contributed by atoms with Crippen molar-refractivity contribution in [2.24, 2.45) is 0 Å². The predicted molar refractivity (Wildman–Crippen MR) is 242 cm³/mol. The van der Waals surface area contributed by atoms with Crippen molar-refractivity contribution in [1.82, 2.24) is 45.1 Å². The third-order valence-electron chi connectivity index (χ3n) is 12.2. The van der Waals surface area contributed by atoms with Crippen LogP contribution >= 0.6 is 0 Å². The first-order valence-electron chi connectivity index (χ1n) is 21.5. The number of fused-ring (bicyclic) bond motifs is 2. The fourth-order valence-corrected chi connectivity index (χ4v) is 8.42. The second-order valence-corrected chi connectivity index (χ2v) is 16.9. The number of hydrogen-bond donors (Lipinski definition) is 4. The number of carbonyl (C=O) groups excluding carboxylic acids is 6. The van der Waals surface area contributed by atoms with E-state index in [-0.39, 0.29) is 66.7 Å². The molecule has 5 aromatic rings. The lowest BCUT2D eigenvalue weighted by Crippen LogP contribution is -2.54. The van der Waals surface area contributed by atoms with Crippen LogP contribution in [0.5, 0.6) is 11.5 Å². The second kappa shape index (κ2) is 18.6. The summed E-state index contributed by atoms with van der Waals surface area (Å²) in [6.07, 6.45) is 4.43. The lowest BCUT2D eigenvalue weighted by molar-refractivity contribution is -0.136. The summed E-state index contributed by atoms with van der Waals surface area (Å²) < 4.78 is 7.78. The smallest absolute Gasteiger partial charge is 0.264 e. The Balaban J connectivity index is 0.874. The number of piperidine rings is 2. The number of benzene rings is 3. The number of aromatic nitrogens is 4. The zero-order valence-electron chi connectivity index (χ0n) is 36.6. The van der Waals surface area contributed by atoms with Gasteiger partial charge in [-0.15, -0.1) is 0 Å². The quantitative estimate of drug-likeness (QED) is 0.0703. The minimum atomic E-state index is -1.11.